The highest BCUT2D eigenvalue weighted by Gasteiger charge is 2.17. The van der Waals surface area contributed by atoms with Crippen LogP contribution in [-0.4, -0.2) is 0 Å². The van der Waals surface area contributed by atoms with Gasteiger partial charge in [0.25, 0.3) is 0 Å². The summed E-state index contributed by atoms with van der Waals surface area (Å²) in [5.74, 6) is 0. The van der Waals surface area contributed by atoms with Gasteiger partial charge in [0.15, 0.2) is 0 Å². The third-order valence-corrected chi connectivity index (χ3v) is 6.66. The van der Waals surface area contributed by atoms with E-state index in [1.165, 1.54) is 66.8 Å². The first-order chi connectivity index (χ1) is 12.6. The molecule has 0 saturated heterocycles. The molecular weight excluding hydrogens is 324 g/mol. The molecule has 0 atom stereocenters. The van der Waals surface area contributed by atoms with Crippen molar-refractivity contribution >= 4 is 0 Å². The van der Waals surface area contributed by atoms with Crippen molar-refractivity contribution in [3.8, 4) is 0 Å². The monoisotopic (exact) mass is 368 g/mol. The summed E-state index contributed by atoms with van der Waals surface area (Å²) in [6.45, 7) is 30.8. The molecule has 0 bridgehead atoms. The predicted octanol–water partition coefficient (Wildman–Crippen LogP) is 8.41. The summed E-state index contributed by atoms with van der Waals surface area (Å²) in [5.41, 5.74) is 17.7. The van der Waals surface area contributed by atoms with Crippen LogP contribution in [0.25, 0.3) is 0 Å². The first kappa shape index (κ1) is 25.4. The molecule has 0 N–H and O–H groups in total. The van der Waals surface area contributed by atoms with Gasteiger partial charge in [-0.1, -0.05) is 27.7 Å². The van der Waals surface area contributed by atoms with Gasteiger partial charge in [-0.15, -0.1) is 0 Å². The number of hydrogen-bond donors (Lipinski definition) is 0. The summed E-state index contributed by atoms with van der Waals surface area (Å²) >= 11 is 0. The Morgan fingerprint density at radius 1 is 0.296 bits per heavy atom. The van der Waals surface area contributed by atoms with Crippen molar-refractivity contribution < 1.29 is 0 Å². The molecule has 0 fully saturated rings. The zero-order chi connectivity index (χ0) is 21.6. The highest BCUT2D eigenvalue weighted by atomic mass is 14.2. The zero-order valence-corrected chi connectivity index (χ0v) is 20.7. The lowest BCUT2D eigenvalue weighted by Crippen LogP contribution is -2.08. The van der Waals surface area contributed by atoms with Crippen molar-refractivity contribution in [1.29, 1.82) is 0 Å². The fourth-order valence-electron chi connectivity index (χ4n) is 3.86. The van der Waals surface area contributed by atoms with Gasteiger partial charge >= 0.3 is 0 Å². The van der Waals surface area contributed by atoms with E-state index in [0.717, 1.165) is 6.42 Å². The Bertz CT molecular complexity index is 663. The molecule has 0 unspecified atom stereocenters. The van der Waals surface area contributed by atoms with E-state index >= 15 is 0 Å². The SMILES string of the molecule is CC.CC.Cc1c(C)c(C)c(Cc2c(C)c(C)c(C)c(C)c2C)c(C)c1C. The minimum absolute atomic E-state index is 1.05. The lowest BCUT2D eigenvalue weighted by molar-refractivity contribution is 1.02. The second-order valence-corrected chi connectivity index (χ2v) is 7.38. The van der Waals surface area contributed by atoms with Crippen LogP contribution in [-0.2, 0) is 6.42 Å². The van der Waals surface area contributed by atoms with Crippen LogP contribution in [0.15, 0.2) is 0 Å². The Labute approximate surface area is 170 Å². The first-order valence-electron chi connectivity index (χ1n) is 10.7. The van der Waals surface area contributed by atoms with Crippen molar-refractivity contribution in [2.24, 2.45) is 0 Å². The summed E-state index contributed by atoms with van der Waals surface area (Å²) in [6.07, 6.45) is 1.05. The van der Waals surface area contributed by atoms with E-state index in [1.807, 2.05) is 27.7 Å². The lowest BCUT2D eigenvalue weighted by atomic mass is 9.82. The Kier molecular flexibility index (Phi) is 10.1. The van der Waals surface area contributed by atoms with E-state index in [9.17, 15) is 0 Å². The van der Waals surface area contributed by atoms with Gasteiger partial charge in [-0.2, -0.15) is 0 Å². The van der Waals surface area contributed by atoms with E-state index in [-0.39, 0.29) is 0 Å². The second kappa shape index (κ2) is 10.7. The minimum atomic E-state index is 1.05. The lowest BCUT2D eigenvalue weighted by Gasteiger charge is -2.23. The maximum absolute atomic E-state index is 2.29. The highest BCUT2D eigenvalue weighted by Crippen LogP contribution is 2.32. The van der Waals surface area contributed by atoms with Crippen molar-refractivity contribution in [3.05, 3.63) is 66.8 Å². The third kappa shape index (κ3) is 4.84. The Balaban J connectivity index is 0.00000158. The Morgan fingerprint density at radius 2 is 0.444 bits per heavy atom. The average Bonchev–Trinajstić information content (AvgIpc) is 2.70. The normalized spacial score (nSPS) is 10.0. The molecule has 0 radical (unpaired) electrons. The van der Waals surface area contributed by atoms with Gasteiger partial charge in [0.05, 0.1) is 0 Å². The standard InChI is InChI=1S/C23H32.2C2H6/c1-12-14(3)18(7)22(19(8)15(12)4)11-23-20(9)16(5)13(2)17(6)21(23)10;2*1-2/h11H2,1-10H3;2*1-2H3. The van der Waals surface area contributed by atoms with Crippen LogP contribution < -0.4 is 0 Å². The summed E-state index contributed by atoms with van der Waals surface area (Å²) in [6, 6.07) is 0. The van der Waals surface area contributed by atoms with E-state index in [2.05, 4.69) is 69.2 Å². The molecule has 0 amide bonds. The summed E-state index contributed by atoms with van der Waals surface area (Å²) in [5, 5.41) is 0. The molecule has 2 rings (SSSR count). The highest BCUT2D eigenvalue weighted by molar-refractivity contribution is 5.55. The van der Waals surface area contributed by atoms with Crippen LogP contribution in [0.2, 0.25) is 0 Å². The molecule has 0 aromatic heterocycles. The van der Waals surface area contributed by atoms with Crippen molar-refractivity contribution in [2.75, 3.05) is 0 Å². The average molecular weight is 369 g/mol. The molecule has 152 valence electrons. The van der Waals surface area contributed by atoms with Gasteiger partial charge in [-0.25, -0.2) is 0 Å². The Morgan fingerprint density at radius 3 is 0.630 bits per heavy atom. The quantitative estimate of drug-likeness (QED) is 0.499. The van der Waals surface area contributed by atoms with E-state index < -0.39 is 0 Å². The molecule has 2 aromatic rings. The predicted molar refractivity (Wildman–Crippen MR) is 126 cm³/mol. The van der Waals surface area contributed by atoms with E-state index in [4.69, 9.17) is 0 Å². The fourth-order valence-corrected chi connectivity index (χ4v) is 3.86. The summed E-state index contributed by atoms with van der Waals surface area (Å²) < 4.78 is 0. The summed E-state index contributed by atoms with van der Waals surface area (Å²) in [7, 11) is 0. The number of benzene rings is 2. The van der Waals surface area contributed by atoms with Crippen molar-refractivity contribution in [2.45, 2.75) is 103 Å². The van der Waals surface area contributed by atoms with Crippen molar-refractivity contribution in [1.82, 2.24) is 0 Å². The first-order valence-corrected chi connectivity index (χ1v) is 10.7. The van der Waals surface area contributed by atoms with Crippen LogP contribution in [0.4, 0.5) is 0 Å². The number of rotatable bonds is 2. The fraction of sp³-hybridized carbons (Fsp3) is 0.556. The van der Waals surface area contributed by atoms with Crippen LogP contribution in [0.3, 0.4) is 0 Å². The van der Waals surface area contributed by atoms with Gasteiger partial charge in [0.2, 0.25) is 0 Å². The second-order valence-electron chi connectivity index (χ2n) is 7.38. The van der Waals surface area contributed by atoms with Gasteiger partial charge in [0, 0.05) is 0 Å². The van der Waals surface area contributed by atoms with E-state index in [1.54, 1.807) is 0 Å². The third-order valence-electron chi connectivity index (χ3n) is 6.66. The van der Waals surface area contributed by atoms with Gasteiger partial charge < -0.3 is 0 Å². The van der Waals surface area contributed by atoms with Crippen LogP contribution in [0.1, 0.15) is 94.5 Å². The van der Waals surface area contributed by atoms with Gasteiger partial charge in [-0.05, 0) is 142 Å². The Hall–Kier alpha value is -1.56. The molecule has 0 heteroatoms. The van der Waals surface area contributed by atoms with Crippen LogP contribution in [0, 0.1) is 69.2 Å². The molecule has 0 nitrogen and oxygen atoms in total. The maximum Gasteiger partial charge on any atom is -0.00149 e. The molecule has 0 aliphatic heterocycles. The maximum atomic E-state index is 2.29. The molecule has 27 heavy (non-hydrogen) atoms. The number of hydrogen-bond acceptors (Lipinski definition) is 0. The van der Waals surface area contributed by atoms with E-state index in [0.29, 0.717) is 0 Å². The molecule has 0 spiro atoms. The zero-order valence-electron chi connectivity index (χ0n) is 20.7. The smallest absolute Gasteiger partial charge is 0.00149 e. The van der Waals surface area contributed by atoms with Crippen LogP contribution >= 0.6 is 0 Å². The molecule has 0 saturated carbocycles. The molecular formula is C27H44. The molecule has 2 aromatic carbocycles. The minimum Gasteiger partial charge on any atom is -0.0683 e. The molecule has 0 aliphatic carbocycles. The van der Waals surface area contributed by atoms with Gasteiger partial charge in [0.1, 0.15) is 0 Å². The van der Waals surface area contributed by atoms with Gasteiger partial charge in [-0.3, -0.25) is 0 Å². The molecule has 0 heterocycles. The summed E-state index contributed by atoms with van der Waals surface area (Å²) in [4.78, 5) is 0. The van der Waals surface area contributed by atoms with Crippen LogP contribution in [0.5, 0.6) is 0 Å². The van der Waals surface area contributed by atoms with Crippen molar-refractivity contribution in [3.63, 3.8) is 0 Å². The topological polar surface area (TPSA) is 0 Å². The largest absolute Gasteiger partial charge is 0.0683 e. The molecule has 0 aliphatic rings.